The Morgan fingerprint density at radius 1 is 1.38 bits per heavy atom. The van der Waals surface area contributed by atoms with Crippen molar-refractivity contribution in [2.24, 2.45) is 0 Å². The van der Waals surface area contributed by atoms with Crippen LogP contribution in [0.5, 0.6) is 0 Å². The molecular weight excluding hydrogens is 188 g/mol. The van der Waals surface area contributed by atoms with Crippen molar-refractivity contribution < 1.29 is 8.42 Å². The normalized spacial score (nSPS) is 11.6. The smallest absolute Gasteiger partial charge is 0.153 e. The first kappa shape index (κ1) is 10.1. The van der Waals surface area contributed by atoms with E-state index in [9.17, 15) is 8.42 Å². The third-order valence-electron chi connectivity index (χ3n) is 1.57. The van der Waals surface area contributed by atoms with Crippen LogP contribution >= 0.6 is 0 Å². The van der Waals surface area contributed by atoms with E-state index in [1.54, 1.807) is 13.1 Å². The third-order valence-corrected chi connectivity index (χ3v) is 2.37. The molecule has 0 bridgehead atoms. The highest BCUT2D eigenvalue weighted by atomic mass is 32.2. The van der Waals surface area contributed by atoms with Crippen molar-refractivity contribution in [1.82, 2.24) is 9.97 Å². The highest BCUT2D eigenvalue weighted by Crippen LogP contribution is 2.05. The standard InChI is InChI=1S/C8H12N2O2S/c1-6-4-9-8(7(2)10-6)5-13(3,11)12/h4H,5H2,1-3H3. The van der Waals surface area contributed by atoms with E-state index >= 15 is 0 Å². The Balaban J connectivity index is 3.04. The first-order valence-corrected chi connectivity index (χ1v) is 5.91. The number of aromatic nitrogens is 2. The summed E-state index contributed by atoms with van der Waals surface area (Å²) in [5.41, 5.74) is 2.02. The van der Waals surface area contributed by atoms with Crippen LogP contribution in [0.2, 0.25) is 0 Å². The van der Waals surface area contributed by atoms with Crippen LogP contribution < -0.4 is 0 Å². The molecule has 5 heteroatoms. The molecule has 13 heavy (non-hydrogen) atoms. The van der Waals surface area contributed by atoms with E-state index in [1.807, 2.05) is 6.92 Å². The minimum atomic E-state index is -3.02. The summed E-state index contributed by atoms with van der Waals surface area (Å²) in [6.45, 7) is 3.59. The van der Waals surface area contributed by atoms with Crippen LogP contribution in [-0.4, -0.2) is 24.6 Å². The van der Waals surface area contributed by atoms with E-state index in [1.165, 1.54) is 6.26 Å². The Labute approximate surface area is 78.0 Å². The van der Waals surface area contributed by atoms with Crippen LogP contribution in [0.1, 0.15) is 17.1 Å². The SMILES string of the molecule is Cc1cnc(CS(C)(=O)=O)c(C)n1. The second-order valence-corrected chi connectivity index (χ2v) is 5.25. The summed E-state index contributed by atoms with van der Waals surface area (Å²) in [4.78, 5) is 8.15. The molecule has 0 aliphatic rings. The summed E-state index contributed by atoms with van der Waals surface area (Å²) in [6, 6.07) is 0. The maximum absolute atomic E-state index is 11.0. The largest absolute Gasteiger partial charge is 0.256 e. The summed E-state index contributed by atoms with van der Waals surface area (Å²) >= 11 is 0. The zero-order valence-corrected chi connectivity index (χ0v) is 8.72. The number of nitrogens with zero attached hydrogens (tertiary/aromatic N) is 2. The molecular formula is C8H12N2O2S. The van der Waals surface area contributed by atoms with Crippen molar-refractivity contribution in [2.75, 3.05) is 6.26 Å². The van der Waals surface area contributed by atoms with Gasteiger partial charge in [-0.3, -0.25) is 9.97 Å². The average molecular weight is 200 g/mol. The average Bonchev–Trinajstić information content (AvgIpc) is 1.93. The summed E-state index contributed by atoms with van der Waals surface area (Å²) in [7, 11) is -3.02. The highest BCUT2D eigenvalue weighted by Gasteiger charge is 2.09. The van der Waals surface area contributed by atoms with E-state index in [0.717, 1.165) is 5.69 Å². The lowest BCUT2D eigenvalue weighted by Gasteiger charge is -2.02. The second-order valence-electron chi connectivity index (χ2n) is 3.11. The Morgan fingerprint density at radius 3 is 2.46 bits per heavy atom. The van der Waals surface area contributed by atoms with Gasteiger partial charge in [-0.1, -0.05) is 0 Å². The topological polar surface area (TPSA) is 59.9 Å². The first-order valence-electron chi connectivity index (χ1n) is 3.85. The monoisotopic (exact) mass is 200 g/mol. The minimum absolute atomic E-state index is 0.0356. The summed E-state index contributed by atoms with van der Waals surface area (Å²) in [5, 5.41) is 0. The summed E-state index contributed by atoms with van der Waals surface area (Å²) in [5.74, 6) is -0.0356. The van der Waals surface area contributed by atoms with Gasteiger partial charge in [0.25, 0.3) is 0 Å². The van der Waals surface area contributed by atoms with Crippen molar-refractivity contribution in [3.05, 3.63) is 23.3 Å². The Kier molecular flexibility index (Phi) is 2.66. The molecule has 0 aliphatic carbocycles. The molecule has 0 aliphatic heterocycles. The van der Waals surface area contributed by atoms with Gasteiger partial charge in [0, 0.05) is 12.5 Å². The molecule has 0 atom stereocenters. The molecule has 4 nitrogen and oxygen atoms in total. The van der Waals surface area contributed by atoms with Gasteiger partial charge < -0.3 is 0 Å². The maximum atomic E-state index is 11.0. The molecule has 0 radical (unpaired) electrons. The minimum Gasteiger partial charge on any atom is -0.256 e. The van der Waals surface area contributed by atoms with Crippen LogP contribution in [0.15, 0.2) is 6.20 Å². The van der Waals surface area contributed by atoms with Crippen LogP contribution in [0.25, 0.3) is 0 Å². The zero-order valence-electron chi connectivity index (χ0n) is 7.90. The van der Waals surface area contributed by atoms with Gasteiger partial charge >= 0.3 is 0 Å². The molecule has 0 saturated heterocycles. The van der Waals surface area contributed by atoms with Gasteiger partial charge in [-0.2, -0.15) is 0 Å². The molecule has 1 heterocycles. The van der Waals surface area contributed by atoms with Gasteiger partial charge in [0.05, 0.1) is 22.8 Å². The number of aryl methyl sites for hydroxylation is 2. The van der Waals surface area contributed by atoms with Crippen LogP contribution in [0.3, 0.4) is 0 Å². The van der Waals surface area contributed by atoms with Crippen LogP contribution in [0, 0.1) is 13.8 Å². The summed E-state index contributed by atoms with van der Waals surface area (Å²) < 4.78 is 21.9. The molecule has 1 aromatic heterocycles. The molecule has 0 fully saturated rings. The molecule has 0 saturated carbocycles. The molecule has 0 N–H and O–H groups in total. The Hall–Kier alpha value is -0.970. The van der Waals surface area contributed by atoms with E-state index in [-0.39, 0.29) is 5.75 Å². The van der Waals surface area contributed by atoms with Gasteiger partial charge in [0.2, 0.25) is 0 Å². The maximum Gasteiger partial charge on any atom is 0.153 e. The predicted octanol–water partition coefficient (Wildman–Crippen LogP) is 0.638. The quantitative estimate of drug-likeness (QED) is 0.703. The van der Waals surface area contributed by atoms with Crippen LogP contribution in [-0.2, 0) is 15.6 Å². The third kappa shape index (κ3) is 3.10. The van der Waals surface area contributed by atoms with E-state index in [4.69, 9.17) is 0 Å². The highest BCUT2D eigenvalue weighted by molar-refractivity contribution is 7.89. The van der Waals surface area contributed by atoms with Crippen molar-refractivity contribution in [3.8, 4) is 0 Å². The Morgan fingerprint density at radius 2 is 2.00 bits per heavy atom. The van der Waals surface area contributed by atoms with Crippen molar-refractivity contribution in [2.45, 2.75) is 19.6 Å². The number of hydrogen-bond acceptors (Lipinski definition) is 4. The Bertz CT molecular complexity index is 412. The molecule has 1 aromatic rings. The summed E-state index contributed by atoms with van der Waals surface area (Å²) in [6.07, 6.45) is 2.77. The van der Waals surface area contributed by atoms with Crippen molar-refractivity contribution in [3.63, 3.8) is 0 Å². The van der Waals surface area contributed by atoms with Gasteiger partial charge in [0.1, 0.15) is 0 Å². The fourth-order valence-electron chi connectivity index (χ4n) is 1.01. The van der Waals surface area contributed by atoms with E-state index < -0.39 is 9.84 Å². The first-order chi connectivity index (χ1) is 5.88. The van der Waals surface area contributed by atoms with Gasteiger partial charge in [-0.05, 0) is 13.8 Å². The molecule has 1 rings (SSSR count). The van der Waals surface area contributed by atoms with Gasteiger partial charge in [-0.15, -0.1) is 0 Å². The number of rotatable bonds is 2. The molecule has 0 amide bonds. The molecule has 72 valence electrons. The van der Waals surface area contributed by atoms with Crippen molar-refractivity contribution in [1.29, 1.82) is 0 Å². The fraction of sp³-hybridized carbons (Fsp3) is 0.500. The van der Waals surface area contributed by atoms with Crippen molar-refractivity contribution >= 4 is 9.84 Å². The van der Waals surface area contributed by atoms with Gasteiger partial charge in [-0.25, -0.2) is 8.42 Å². The number of sulfone groups is 1. The lowest BCUT2D eigenvalue weighted by molar-refractivity contribution is 0.600. The van der Waals surface area contributed by atoms with Gasteiger partial charge in [0.15, 0.2) is 9.84 Å². The number of hydrogen-bond donors (Lipinski definition) is 0. The van der Waals surface area contributed by atoms with E-state index in [2.05, 4.69) is 9.97 Å². The lowest BCUT2D eigenvalue weighted by Crippen LogP contribution is -2.06. The second kappa shape index (κ2) is 3.41. The fourth-order valence-corrected chi connectivity index (χ4v) is 1.79. The van der Waals surface area contributed by atoms with Crippen LogP contribution in [0.4, 0.5) is 0 Å². The zero-order chi connectivity index (χ0) is 10.1. The lowest BCUT2D eigenvalue weighted by atomic mass is 10.3. The predicted molar refractivity (Wildman–Crippen MR) is 50.1 cm³/mol. The molecule has 0 aromatic carbocycles. The molecule has 0 spiro atoms. The van der Waals surface area contributed by atoms with E-state index in [0.29, 0.717) is 11.4 Å². The molecule has 0 unspecified atom stereocenters.